The molecule has 0 aromatic heterocycles. The molecule has 40 heavy (non-hydrogen) atoms. The Bertz CT molecular complexity index is 1380. The Hall–Kier alpha value is -4.50. The van der Waals surface area contributed by atoms with Crippen molar-refractivity contribution in [2.24, 2.45) is 5.92 Å². The highest BCUT2D eigenvalue weighted by Gasteiger charge is 2.21. The summed E-state index contributed by atoms with van der Waals surface area (Å²) in [5.41, 5.74) is 1.29. The lowest BCUT2D eigenvalue weighted by Crippen LogP contribution is -2.20. The molecule has 0 unspecified atom stereocenters. The molecule has 4 aromatic rings. The number of hydrogen-bond acceptors (Lipinski definition) is 5. The number of benzene rings is 4. The zero-order valence-electron chi connectivity index (χ0n) is 21.1. The third-order valence-electron chi connectivity index (χ3n) is 6.10. The van der Waals surface area contributed by atoms with Crippen molar-refractivity contribution < 1.29 is 41.7 Å². The Labute approximate surface area is 227 Å². The van der Waals surface area contributed by atoms with Gasteiger partial charge >= 0.3 is 11.9 Å². The average molecular weight is 553 g/mol. The highest BCUT2D eigenvalue weighted by molar-refractivity contribution is 5.76. The molecule has 0 bridgehead atoms. The number of aliphatic hydroxyl groups is 1. The minimum atomic E-state index is -0.755. The van der Waals surface area contributed by atoms with E-state index in [0.29, 0.717) is 11.1 Å². The highest BCUT2D eigenvalue weighted by atomic mass is 19.1. The second-order valence-corrected chi connectivity index (χ2v) is 9.03. The van der Waals surface area contributed by atoms with E-state index in [0.717, 1.165) is 12.1 Å². The maximum Gasteiger partial charge on any atom is 0.311 e. The number of rotatable bonds is 10. The van der Waals surface area contributed by atoms with Crippen molar-refractivity contribution in [1.82, 2.24) is 0 Å². The standard InChI is InChI=1S/C31H24F4O5/c32-22-5-1-20(2-6-22)26-11-9-24(17-28(26)34)39-30(37)15-19(13-14-36)16-31(38)40-25-10-12-27(29(35)18-25)21-3-7-23(33)8-4-21/h1-12,17-19,36H,13-16H2. The summed E-state index contributed by atoms with van der Waals surface area (Å²) in [6.07, 6.45) is -0.455. The molecule has 0 aliphatic rings. The van der Waals surface area contributed by atoms with Crippen LogP contribution in [0.25, 0.3) is 22.3 Å². The van der Waals surface area contributed by atoms with Crippen molar-refractivity contribution in [2.75, 3.05) is 6.61 Å². The quantitative estimate of drug-likeness (QED) is 0.132. The largest absolute Gasteiger partial charge is 0.426 e. The molecule has 0 aliphatic carbocycles. The second kappa shape index (κ2) is 13.0. The molecule has 206 valence electrons. The first kappa shape index (κ1) is 28.5. The Morgan fingerprint density at radius 1 is 0.625 bits per heavy atom. The number of carbonyl (C=O) groups is 2. The van der Waals surface area contributed by atoms with E-state index < -0.39 is 41.1 Å². The fraction of sp³-hybridized carbons (Fsp3) is 0.161. The van der Waals surface area contributed by atoms with Gasteiger partial charge in [-0.15, -0.1) is 0 Å². The lowest BCUT2D eigenvalue weighted by molar-refractivity contribution is -0.138. The van der Waals surface area contributed by atoms with Gasteiger partial charge in [0, 0.05) is 42.7 Å². The van der Waals surface area contributed by atoms with E-state index >= 15 is 0 Å². The molecule has 0 atom stereocenters. The minimum absolute atomic E-state index is 0.0598. The van der Waals surface area contributed by atoms with Crippen LogP contribution < -0.4 is 9.47 Å². The summed E-state index contributed by atoms with van der Waals surface area (Å²) < 4.78 is 65.9. The molecule has 0 spiro atoms. The van der Waals surface area contributed by atoms with Gasteiger partial charge in [0.1, 0.15) is 34.8 Å². The van der Waals surface area contributed by atoms with Gasteiger partial charge in [0.15, 0.2) is 0 Å². The van der Waals surface area contributed by atoms with Crippen LogP contribution >= 0.6 is 0 Å². The number of hydrogen-bond donors (Lipinski definition) is 1. The van der Waals surface area contributed by atoms with Crippen LogP contribution in [0.4, 0.5) is 17.6 Å². The number of halogens is 4. The van der Waals surface area contributed by atoms with Crippen LogP contribution in [0.2, 0.25) is 0 Å². The predicted molar refractivity (Wildman–Crippen MR) is 139 cm³/mol. The zero-order valence-corrected chi connectivity index (χ0v) is 21.1. The van der Waals surface area contributed by atoms with E-state index in [9.17, 15) is 32.3 Å². The number of esters is 2. The molecule has 0 heterocycles. The second-order valence-electron chi connectivity index (χ2n) is 9.03. The topological polar surface area (TPSA) is 72.8 Å². The van der Waals surface area contributed by atoms with Gasteiger partial charge in [-0.2, -0.15) is 0 Å². The summed E-state index contributed by atoms with van der Waals surface area (Å²) in [5.74, 6) is -4.55. The van der Waals surface area contributed by atoms with E-state index in [1.807, 2.05) is 0 Å². The van der Waals surface area contributed by atoms with Crippen molar-refractivity contribution in [3.8, 4) is 33.8 Å². The van der Waals surface area contributed by atoms with E-state index in [1.165, 1.54) is 72.8 Å². The summed E-state index contributed by atoms with van der Waals surface area (Å²) in [7, 11) is 0. The van der Waals surface area contributed by atoms with Gasteiger partial charge in [-0.3, -0.25) is 9.59 Å². The van der Waals surface area contributed by atoms with Crippen molar-refractivity contribution in [3.63, 3.8) is 0 Å². The molecule has 0 saturated carbocycles. The molecule has 0 aliphatic heterocycles. The number of ether oxygens (including phenoxy) is 2. The van der Waals surface area contributed by atoms with Crippen LogP contribution in [0.5, 0.6) is 11.5 Å². The first-order valence-corrected chi connectivity index (χ1v) is 12.3. The molecular formula is C31H24F4O5. The smallest absolute Gasteiger partial charge is 0.311 e. The Kier molecular flexibility index (Phi) is 9.29. The first-order chi connectivity index (χ1) is 19.2. The van der Waals surface area contributed by atoms with Crippen molar-refractivity contribution in [1.29, 1.82) is 0 Å². The van der Waals surface area contributed by atoms with Crippen molar-refractivity contribution in [3.05, 3.63) is 108 Å². The first-order valence-electron chi connectivity index (χ1n) is 12.3. The predicted octanol–water partition coefficient (Wildman–Crippen LogP) is 6.87. The molecule has 4 aromatic carbocycles. The molecule has 0 fully saturated rings. The van der Waals surface area contributed by atoms with E-state index in [1.54, 1.807) is 0 Å². The van der Waals surface area contributed by atoms with Gasteiger partial charge in [0.2, 0.25) is 0 Å². The van der Waals surface area contributed by atoms with E-state index in [4.69, 9.17) is 9.47 Å². The Morgan fingerprint density at radius 2 is 1.02 bits per heavy atom. The van der Waals surface area contributed by atoms with Crippen LogP contribution in [0, 0.1) is 29.2 Å². The van der Waals surface area contributed by atoms with Crippen LogP contribution in [-0.4, -0.2) is 23.7 Å². The molecule has 1 N–H and O–H groups in total. The van der Waals surface area contributed by atoms with Gasteiger partial charge < -0.3 is 14.6 Å². The van der Waals surface area contributed by atoms with Gasteiger partial charge in [0.25, 0.3) is 0 Å². The fourth-order valence-electron chi connectivity index (χ4n) is 4.12. The highest BCUT2D eigenvalue weighted by Crippen LogP contribution is 2.29. The van der Waals surface area contributed by atoms with Crippen molar-refractivity contribution in [2.45, 2.75) is 19.3 Å². The summed E-state index contributed by atoms with van der Waals surface area (Å²) >= 11 is 0. The molecule has 0 saturated heterocycles. The van der Waals surface area contributed by atoms with Gasteiger partial charge in [0.05, 0.1) is 0 Å². The third-order valence-corrected chi connectivity index (χ3v) is 6.10. The van der Waals surface area contributed by atoms with Gasteiger partial charge in [-0.05, 0) is 72.0 Å². The number of carbonyl (C=O) groups excluding carboxylic acids is 2. The summed E-state index contributed by atoms with van der Waals surface area (Å²) in [4.78, 5) is 25.0. The summed E-state index contributed by atoms with van der Waals surface area (Å²) in [6.45, 7) is -0.312. The fourth-order valence-corrected chi connectivity index (χ4v) is 4.12. The minimum Gasteiger partial charge on any atom is -0.426 e. The number of aliphatic hydroxyl groups excluding tert-OH is 1. The van der Waals surface area contributed by atoms with Crippen LogP contribution in [0.15, 0.2) is 84.9 Å². The Morgan fingerprint density at radius 3 is 1.38 bits per heavy atom. The van der Waals surface area contributed by atoms with E-state index in [2.05, 4.69) is 0 Å². The van der Waals surface area contributed by atoms with Crippen LogP contribution in [0.1, 0.15) is 19.3 Å². The molecule has 0 radical (unpaired) electrons. The SMILES string of the molecule is O=C(CC(CCO)CC(=O)Oc1ccc(-c2ccc(F)cc2)c(F)c1)Oc1ccc(-c2ccc(F)cc2)c(F)c1. The molecule has 0 amide bonds. The van der Waals surface area contributed by atoms with E-state index in [-0.39, 0.29) is 48.5 Å². The summed E-state index contributed by atoms with van der Waals surface area (Å²) in [5, 5.41) is 9.38. The third kappa shape index (κ3) is 7.54. The normalized spacial score (nSPS) is 10.9. The van der Waals surface area contributed by atoms with Gasteiger partial charge in [-0.1, -0.05) is 24.3 Å². The Balaban J connectivity index is 1.34. The summed E-state index contributed by atoms with van der Waals surface area (Å²) in [6, 6.07) is 18.1. The maximum atomic E-state index is 14.6. The zero-order chi connectivity index (χ0) is 28.6. The van der Waals surface area contributed by atoms with Crippen molar-refractivity contribution >= 4 is 11.9 Å². The molecule has 5 nitrogen and oxygen atoms in total. The van der Waals surface area contributed by atoms with Crippen LogP contribution in [-0.2, 0) is 9.59 Å². The maximum absolute atomic E-state index is 14.6. The lowest BCUT2D eigenvalue weighted by atomic mass is 9.98. The van der Waals surface area contributed by atoms with Gasteiger partial charge in [-0.25, -0.2) is 17.6 Å². The average Bonchev–Trinajstić information content (AvgIpc) is 2.90. The lowest BCUT2D eigenvalue weighted by Gasteiger charge is -2.15. The monoisotopic (exact) mass is 552 g/mol. The molecular weight excluding hydrogens is 528 g/mol. The van der Waals surface area contributed by atoms with Crippen LogP contribution in [0.3, 0.4) is 0 Å². The molecule has 4 rings (SSSR count). The molecule has 9 heteroatoms.